The molecule has 0 bridgehead atoms. The van der Waals surface area contributed by atoms with E-state index < -0.39 is 0 Å². The van der Waals surface area contributed by atoms with E-state index in [4.69, 9.17) is 9.72 Å². The lowest BCUT2D eigenvalue weighted by molar-refractivity contribution is 0.123. The van der Waals surface area contributed by atoms with Gasteiger partial charge >= 0.3 is 0 Å². The number of fused-ring (bicyclic) bond motifs is 1. The fraction of sp³-hybridized carbons (Fsp3) is 0.273. The maximum absolute atomic E-state index is 5.49. The second-order valence-corrected chi connectivity index (χ2v) is 7.01. The summed E-state index contributed by atoms with van der Waals surface area (Å²) in [5.41, 5.74) is 4.78. The SMILES string of the molecule is c1ccc2c(c1)CCN2c1ccnc(Nc2ccccc2N2CCOCC2)n1. The van der Waals surface area contributed by atoms with Crippen LogP contribution in [0.5, 0.6) is 0 Å². The summed E-state index contributed by atoms with van der Waals surface area (Å²) in [5, 5.41) is 3.43. The molecule has 28 heavy (non-hydrogen) atoms. The van der Waals surface area contributed by atoms with Crippen LogP contribution in [0.1, 0.15) is 5.56 Å². The van der Waals surface area contributed by atoms with Crippen molar-refractivity contribution in [1.82, 2.24) is 9.97 Å². The molecule has 6 nitrogen and oxygen atoms in total. The molecule has 3 aromatic rings. The third kappa shape index (κ3) is 3.27. The Balaban J connectivity index is 1.41. The van der Waals surface area contributed by atoms with E-state index in [-0.39, 0.29) is 0 Å². The molecule has 2 aliphatic heterocycles. The van der Waals surface area contributed by atoms with Gasteiger partial charge in [-0.2, -0.15) is 4.98 Å². The molecule has 0 saturated carbocycles. The lowest BCUT2D eigenvalue weighted by atomic mass is 10.2. The van der Waals surface area contributed by atoms with Crippen LogP contribution in [-0.2, 0) is 11.2 Å². The number of nitrogens with zero attached hydrogens (tertiary/aromatic N) is 4. The predicted molar refractivity (Wildman–Crippen MR) is 112 cm³/mol. The zero-order valence-corrected chi connectivity index (χ0v) is 15.7. The van der Waals surface area contributed by atoms with Gasteiger partial charge in [-0.25, -0.2) is 4.98 Å². The summed E-state index contributed by atoms with van der Waals surface area (Å²) in [7, 11) is 0. The lowest BCUT2D eigenvalue weighted by Crippen LogP contribution is -2.36. The summed E-state index contributed by atoms with van der Waals surface area (Å²) in [6.07, 6.45) is 2.87. The van der Waals surface area contributed by atoms with E-state index in [9.17, 15) is 0 Å². The van der Waals surface area contributed by atoms with Crippen LogP contribution < -0.4 is 15.1 Å². The number of aromatic nitrogens is 2. The van der Waals surface area contributed by atoms with E-state index in [1.54, 1.807) is 0 Å². The Labute approximate surface area is 164 Å². The molecule has 1 N–H and O–H groups in total. The van der Waals surface area contributed by atoms with Crippen LogP contribution in [0.4, 0.5) is 28.8 Å². The summed E-state index contributed by atoms with van der Waals surface area (Å²) < 4.78 is 5.49. The molecular formula is C22H23N5O. The number of para-hydroxylation sites is 3. The van der Waals surface area contributed by atoms with E-state index in [2.05, 4.69) is 62.6 Å². The molecule has 0 spiro atoms. The van der Waals surface area contributed by atoms with Crippen molar-refractivity contribution in [2.24, 2.45) is 0 Å². The number of ether oxygens (including phenoxy) is 1. The fourth-order valence-electron chi connectivity index (χ4n) is 3.92. The molecule has 1 saturated heterocycles. The summed E-state index contributed by atoms with van der Waals surface area (Å²) >= 11 is 0. The van der Waals surface area contributed by atoms with E-state index in [0.29, 0.717) is 5.95 Å². The first-order valence-corrected chi connectivity index (χ1v) is 9.76. The molecule has 2 aliphatic rings. The second kappa shape index (κ2) is 7.48. The van der Waals surface area contributed by atoms with E-state index in [1.807, 2.05) is 18.3 Å². The minimum absolute atomic E-state index is 0.614. The van der Waals surface area contributed by atoms with Crippen LogP contribution in [0, 0.1) is 0 Å². The van der Waals surface area contributed by atoms with Crippen molar-refractivity contribution < 1.29 is 4.74 Å². The van der Waals surface area contributed by atoms with Crippen molar-refractivity contribution in [3.63, 3.8) is 0 Å². The van der Waals surface area contributed by atoms with Crippen LogP contribution in [0.15, 0.2) is 60.8 Å². The van der Waals surface area contributed by atoms with Gasteiger partial charge < -0.3 is 19.9 Å². The van der Waals surface area contributed by atoms with Gasteiger partial charge in [0.2, 0.25) is 5.95 Å². The summed E-state index contributed by atoms with van der Waals surface area (Å²) in [6.45, 7) is 4.25. The van der Waals surface area contributed by atoms with Crippen LogP contribution in [0.2, 0.25) is 0 Å². The molecule has 0 aliphatic carbocycles. The monoisotopic (exact) mass is 373 g/mol. The normalized spacial score (nSPS) is 16.1. The Hall–Kier alpha value is -3.12. The van der Waals surface area contributed by atoms with Crippen LogP contribution in [0.3, 0.4) is 0 Å². The Morgan fingerprint density at radius 1 is 0.857 bits per heavy atom. The van der Waals surface area contributed by atoms with E-state index in [1.165, 1.54) is 11.3 Å². The van der Waals surface area contributed by atoms with Crippen LogP contribution in [-0.4, -0.2) is 42.8 Å². The zero-order valence-electron chi connectivity index (χ0n) is 15.7. The quantitative estimate of drug-likeness (QED) is 0.752. The summed E-state index contributed by atoms with van der Waals surface area (Å²) in [5.74, 6) is 1.54. The average Bonchev–Trinajstić information content (AvgIpc) is 3.19. The van der Waals surface area contributed by atoms with E-state index in [0.717, 1.165) is 56.5 Å². The molecule has 1 aromatic heterocycles. The molecule has 142 valence electrons. The van der Waals surface area contributed by atoms with E-state index >= 15 is 0 Å². The maximum Gasteiger partial charge on any atom is 0.229 e. The fourth-order valence-corrected chi connectivity index (χ4v) is 3.92. The highest BCUT2D eigenvalue weighted by Gasteiger charge is 2.21. The zero-order chi connectivity index (χ0) is 18.8. The molecule has 0 unspecified atom stereocenters. The smallest absolute Gasteiger partial charge is 0.229 e. The van der Waals surface area contributed by atoms with Crippen molar-refractivity contribution in [3.05, 3.63) is 66.4 Å². The van der Waals surface area contributed by atoms with Gasteiger partial charge in [-0.05, 0) is 36.2 Å². The van der Waals surface area contributed by atoms with Gasteiger partial charge in [-0.15, -0.1) is 0 Å². The number of nitrogens with one attached hydrogen (secondary N) is 1. The van der Waals surface area contributed by atoms with Gasteiger partial charge in [0.1, 0.15) is 5.82 Å². The maximum atomic E-state index is 5.49. The molecule has 6 heteroatoms. The number of benzene rings is 2. The molecule has 2 aromatic carbocycles. The number of hydrogen-bond acceptors (Lipinski definition) is 6. The molecule has 5 rings (SSSR count). The predicted octanol–water partition coefficient (Wildman–Crippen LogP) is 3.75. The van der Waals surface area contributed by atoms with Gasteiger partial charge in [-0.3, -0.25) is 0 Å². The first-order chi connectivity index (χ1) is 13.9. The minimum Gasteiger partial charge on any atom is -0.378 e. The second-order valence-electron chi connectivity index (χ2n) is 7.01. The van der Waals surface area contributed by atoms with Crippen LogP contribution >= 0.6 is 0 Å². The van der Waals surface area contributed by atoms with Gasteiger partial charge in [-0.1, -0.05) is 30.3 Å². The number of rotatable bonds is 4. The molecule has 0 atom stereocenters. The van der Waals surface area contributed by atoms with Gasteiger partial charge in [0.15, 0.2) is 0 Å². The Kier molecular flexibility index (Phi) is 4.54. The molecule has 0 radical (unpaired) electrons. The Morgan fingerprint density at radius 3 is 2.54 bits per heavy atom. The highest BCUT2D eigenvalue weighted by atomic mass is 16.5. The Bertz CT molecular complexity index is 970. The van der Waals surface area contributed by atoms with Gasteiger partial charge in [0, 0.05) is 31.5 Å². The van der Waals surface area contributed by atoms with Gasteiger partial charge in [0.25, 0.3) is 0 Å². The number of morpholine rings is 1. The molecule has 1 fully saturated rings. The third-order valence-corrected chi connectivity index (χ3v) is 5.31. The molecule has 0 amide bonds. The number of anilines is 5. The summed E-state index contributed by atoms with van der Waals surface area (Å²) in [4.78, 5) is 13.9. The minimum atomic E-state index is 0.614. The first kappa shape index (κ1) is 17.0. The standard InChI is InChI=1S/C22H23N5O/c1-3-7-19-17(5-1)10-12-27(19)21-9-11-23-22(25-21)24-18-6-2-4-8-20(18)26-13-15-28-16-14-26/h1-9,11H,10,12-16H2,(H,23,24,25). The summed E-state index contributed by atoms with van der Waals surface area (Å²) in [6, 6.07) is 18.8. The third-order valence-electron chi connectivity index (χ3n) is 5.31. The highest BCUT2D eigenvalue weighted by molar-refractivity contribution is 5.74. The number of hydrogen-bond donors (Lipinski definition) is 1. The largest absolute Gasteiger partial charge is 0.378 e. The average molecular weight is 373 g/mol. The first-order valence-electron chi connectivity index (χ1n) is 9.76. The lowest BCUT2D eigenvalue weighted by Gasteiger charge is -2.30. The van der Waals surface area contributed by atoms with Gasteiger partial charge in [0.05, 0.1) is 24.6 Å². The van der Waals surface area contributed by atoms with Crippen molar-refractivity contribution in [1.29, 1.82) is 0 Å². The topological polar surface area (TPSA) is 53.5 Å². The van der Waals surface area contributed by atoms with Crippen molar-refractivity contribution in [2.75, 3.05) is 48.0 Å². The van der Waals surface area contributed by atoms with Crippen molar-refractivity contribution in [3.8, 4) is 0 Å². The highest BCUT2D eigenvalue weighted by Crippen LogP contribution is 2.34. The van der Waals surface area contributed by atoms with Crippen molar-refractivity contribution >= 4 is 28.8 Å². The molecule has 3 heterocycles. The Morgan fingerprint density at radius 2 is 1.64 bits per heavy atom. The van der Waals surface area contributed by atoms with Crippen LogP contribution in [0.25, 0.3) is 0 Å². The molecular weight excluding hydrogens is 350 g/mol. The van der Waals surface area contributed by atoms with Crippen molar-refractivity contribution in [2.45, 2.75) is 6.42 Å².